The Morgan fingerprint density at radius 2 is 2.29 bits per heavy atom. The molecule has 1 heterocycles. The Balaban J connectivity index is 2.85. The third kappa shape index (κ3) is 3.43. The molecule has 96 valence electrons. The van der Waals surface area contributed by atoms with Gasteiger partial charge in [-0.2, -0.15) is 0 Å². The highest BCUT2D eigenvalue weighted by Crippen LogP contribution is 2.18. The molecule has 7 nitrogen and oxygen atoms in total. The monoisotopic (exact) mass is 242 g/mol. The summed E-state index contributed by atoms with van der Waals surface area (Å²) < 4.78 is 9.97. The first-order valence-electron chi connectivity index (χ1n) is 5.17. The van der Waals surface area contributed by atoms with E-state index in [1.807, 2.05) is 0 Å². The molecule has 0 aromatic carbocycles. The third-order valence-electron chi connectivity index (χ3n) is 2.25. The van der Waals surface area contributed by atoms with E-state index in [1.165, 1.54) is 13.4 Å². The normalized spacial score (nSPS) is 12.2. The molecule has 0 amide bonds. The third-order valence-corrected chi connectivity index (χ3v) is 2.25. The molecule has 3 N–H and O–H groups in total. The highest BCUT2D eigenvalue weighted by molar-refractivity contribution is 5.50. The number of nitrogens with two attached hydrogens (primary N) is 1. The maximum absolute atomic E-state index is 11.5. The van der Waals surface area contributed by atoms with Crippen molar-refractivity contribution in [3.05, 3.63) is 16.7 Å². The Bertz CT molecular complexity index is 407. The van der Waals surface area contributed by atoms with Gasteiger partial charge in [-0.05, 0) is 0 Å². The lowest BCUT2D eigenvalue weighted by Crippen LogP contribution is -2.39. The second-order valence-corrected chi connectivity index (χ2v) is 3.68. The van der Waals surface area contributed by atoms with Gasteiger partial charge >= 0.3 is 0 Å². The molecule has 0 spiro atoms. The first kappa shape index (κ1) is 13.5. The van der Waals surface area contributed by atoms with Crippen LogP contribution in [0.25, 0.3) is 0 Å². The Kier molecular flexibility index (Phi) is 4.92. The van der Waals surface area contributed by atoms with Crippen molar-refractivity contribution in [2.24, 2.45) is 5.73 Å². The second kappa shape index (κ2) is 6.21. The van der Waals surface area contributed by atoms with E-state index in [1.54, 1.807) is 19.1 Å². The van der Waals surface area contributed by atoms with Gasteiger partial charge in [0.25, 0.3) is 5.56 Å². The molecule has 0 aliphatic rings. The standard InChI is InChI=1S/C10H18N4O3/c1-14(4-7(11)5-16-2)9-8(17-3)10(15)13-6-12-9/h6-7H,4-5,11H2,1-3H3,(H,12,13,15). The van der Waals surface area contributed by atoms with Crippen molar-refractivity contribution in [3.63, 3.8) is 0 Å². The van der Waals surface area contributed by atoms with Gasteiger partial charge in [0.15, 0.2) is 5.82 Å². The molecule has 0 radical (unpaired) electrons. The van der Waals surface area contributed by atoms with Crippen molar-refractivity contribution in [1.29, 1.82) is 0 Å². The van der Waals surface area contributed by atoms with E-state index in [0.717, 1.165) is 0 Å². The van der Waals surface area contributed by atoms with Crippen LogP contribution in [0.1, 0.15) is 0 Å². The number of hydrogen-bond donors (Lipinski definition) is 2. The van der Waals surface area contributed by atoms with Crippen LogP contribution in [0.5, 0.6) is 5.75 Å². The minimum atomic E-state index is -0.315. The maximum Gasteiger partial charge on any atom is 0.295 e. The molecule has 0 aliphatic carbocycles. The van der Waals surface area contributed by atoms with Crippen LogP contribution in [-0.2, 0) is 4.74 Å². The van der Waals surface area contributed by atoms with E-state index in [9.17, 15) is 4.79 Å². The number of H-pyrrole nitrogens is 1. The molecular formula is C10H18N4O3. The summed E-state index contributed by atoms with van der Waals surface area (Å²) >= 11 is 0. The van der Waals surface area contributed by atoms with Gasteiger partial charge in [-0.15, -0.1) is 0 Å². The number of anilines is 1. The molecule has 0 fully saturated rings. The summed E-state index contributed by atoms with van der Waals surface area (Å²) in [5.74, 6) is 0.641. The average molecular weight is 242 g/mol. The number of nitrogens with zero attached hydrogens (tertiary/aromatic N) is 2. The van der Waals surface area contributed by atoms with E-state index >= 15 is 0 Å². The number of hydrogen-bond acceptors (Lipinski definition) is 6. The van der Waals surface area contributed by atoms with Crippen LogP contribution < -0.4 is 20.9 Å². The molecule has 0 aliphatic heterocycles. The second-order valence-electron chi connectivity index (χ2n) is 3.68. The van der Waals surface area contributed by atoms with Crippen LogP contribution in [0.15, 0.2) is 11.1 Å². The summed E-state index contributed by atoms with van der Waals surface area (Å²) in [7, 11) is 4.81. The first-order chi connectivity index (χ1) is 8.10. The zero-order chi connectivity index (χ0) is 12.8. The Morgan fingerprint density at radius 3 is 2.88 bits per heavy atom. The van der Waals surface area contributed by atoms with Crippen LogP contribution in [0.3, 0.4) is 0 Å². The fourth-order valence-electron chi connectivity index (χ4n) is 1.54. The molecule has 0 saturated heterocycles. The molecule has 1 aromatic heterocycles. The Hall–Kier alpha value is -1.60. The summed E-state index contributed by atoms with van der Waals surface area (Å²) in [6.07, 6.45) is 1.33. The summed E-state index contributed by atoms with van der Waals surface area (Å²) in [5.41, 5.74) is 5.52. The predicted molar refractivity (Wildman–Crippen MR) is 64.5 cm³/mol. The van der Waals surface area contributed by atoms with Gasteiger partial charge in [0.05, 0.1) is 20.0 Å². The Morgan fingerprint density at radius 1 is 1.59 bits per heavy atom. The summed E-state index contributed by atoms with van der Waals surface area (Å²) in [4.78, 5) is 19.8. The molecule has 0 saturated carbocycles. The van der Waals surface area contributed by atoms with Crippen molar-refractivity contribution < 1.29 is 9.47 Å². The van der Waals surface area contributed by atoms with Gasteiger partial charge in [0, 0.05) is 26.7 Å². The largest absolute Gasteiger partial charge is 0.489 e. The van der Waals surface area contributed by atoms with Crippen molar-refractivity contribution in [2.45, 2.75) is 6.04 Å². The smallest absolute Gasteiger partial charge is 0.295 e. The summed E-state index contributed by atoms with van der Waals surface area (Å²) in [6.45, 7) is 0.955. The number of aromatic amines is 1. The number of methoxy groups -OCH3 is 2. The fraction of sp³-hybridized carbons (Fsp3) is 0.600. The first-order valence-corrected chi connectivity index (χ1v) is 5.17. The summed E-state index contributed by atoms with van der Waals surface area (Å²) in [6, 6.07) is -0.157. The number of nitrogens with one attached hydrogen (secondary N) is 1. The summed E-state index contributed by atoms with van der Waals surface area (Å²) in [5, 5.41) is 0. The quantitative estimate of drug-likeness (QED) is 0.677. The molecule has 1 aromatic rings. The van der Waals surface area contributed by atoms with E-state index < -0.39 is 0 Å². The van der Waals surface area contributed by atoms with E-state index in [4.69, 9.17) is 15.2 Å². The molecule has 1 rings (SSSR count). The van der Waals surface area contributed by atoms with E-state index in [0.29, 0.717) is 19.0 Å². The van der Waals surface area contributed by atoms with Gasteiger partial charge in [-0.3, -0.25) is 4.79 Å². The van der Waals surface area contributed by atoms with E-state index in [-0.39, 0.29) is 17.4 Å². The molecule has 0 bridgehead atoms. The number of ether oxygens (including phenoxy) is 2. The van der Waals surface area contributed by atoms with Crippen molar-refractivity contribution in [1.82, 2.24) is 9.97 Å². The van der Waals surface area contributed by atoms with Gasteiger partial charge in [-0.25, -0.2) is 4.98 Å². The van der Waals surface area contributed by atoms with Crippen LogP contribution in [-0.4, -0.2) is 50.4 Å². The van der Waals surface area contributed by atoms with Crippen LogP contribution >= 0.6 is 0 Å². The van der Waals surface area contributed by atoms with Crippen LogP contribution in [0.2, 0.25) is 0 Å². The van der Waals surface area contributed by atoms with Crippen molar-refractivity contribution >= 4 is 5.82 Å². The zero-order valence-electron chi connectivity index (χ0n) is 10.3. The van der Waals surface area contributed by atoms with Crippen molar-refractivity contribution in [2.75, 3.05) is 39.3 Å². The molecule has 7 heteroatoms. The molecule has 1 unspecified atom stereocenters. The van der Waals surface area contributed by atoms with Gasteiger partial charge in [0.2, 0.25) is 5.75 Å². The minimum Gasteiger partial charge on any atom is -0.489 e. The minimum absolute atomic E-state index is 0.157. The lowest BCUT2D eigenvalue weighted by Gasteiger charge is -2.22. The van der Waals surface area contributed by atoms with Gasteiger partial charge in [0.1, 0.15) is 0 Å². The van der Waals surface area contributed by atoms with Crippen LogP contribution in [0.4, 0.5) is 5.82 Å². The molecule has 17 heavy (non-hydrogen) atoms. The molecular weight excluding hydrogens is 224 g/mol. The van der Waals surface area contributed by atoms with Crippen molar-refractivity contribution in [3.8, 4) is 5.75 Å². The topological polar surface area (TPSA) is 93.5 Å². The lowest BCUT2D eigenvalue weighted by atomic mass is 10.3. The predicted octanol–water partition coefficient (Wildman–Crippen LogP) is -0.812. The van der Waals surface area contributed by atoms with Gasteiger partial charge in [-0.1, -0.05) is 0 Å². The maximum atomic E-state index is 11.5. The van der Waals surface area contributed by atoms with Crippen LogP contribution in [0, 0.1) is 0 Å². The van der Waals surface area contributed by atoms with Gasteiger partial charge < -0.3 is 25.1 Å². The number of aromatic nitrogens is 2. The number of likely N-dealkylation sites (N-methyl/N-ethyl adjacent to an activating group) is 1. The average Bonchev–Trinajstić information content (AvgIpc) is 2.28. The Labute approximate surface area is 99.5 Å². The molecule has 1 atom stereocenters. The SMILES string of the molecule is COCC(N)CN(C)c1nc[nH]c(=O)c1OC. The highest BCUT2D eigenvalue weighted by atomic mass is 16.5. The van der Waals surface area contributed by atoms with E-state index in [2.05, 4.69) is 9.97 Å². The lowest BCUT2D eigenvalue weighted by molar-refractivity contribution is 0.181. The highest BCUT2D eigenvalue weighted by Gasteiger charge is 2.15. The fourth-order valence-corrected chi connectivity index (χ4v) is 1.54. The number of rotatable bonds is 6. The zero-order valence-corrected chi connectivity index (χ0v) is 10.3.